The van der Waals surface area contributed by atoms with Crippen LogP contribution in [0.15, 0.2) is 79.0 Å². The summed E-state index contributed by atoms with van der Waals surface area (Å²) in [6.07, 6.45) is 1.56. The summed E-state index contributed by atoms with van der Waals surface area (Å²) < 4.78 is 0. The summed E-state index contributed by atoms with van der Waals surface area (Å²) in [7, 11) is 0. The summed E-state index contributed by atoms with van der Waals surface area (Å²) in [5.41, 5.74) is 8.45. The van der Waals surface area contributed by atoms with Crippen molar-refractivity contribution in [3.05, 3.63) is 95.7 Å². The predicted molar refractivity (Wildman–Crippen MR) is 110 cm³/mol. The summed E-state index contributed by atoms with van der Waals surface area (Å²) in [6.45, 7) is 3.89. The molecule has 0 radical (unpaired) electrons. The predicted octanol–water partition coefficient (Wildman–Crippen LogP) is 1.67. The average Bonchev–Trinajstić information content (AvgIpc) is 2.76. The van der Waals surface area contributed by atoms with Gasteiger partial charge in [-0.1, -0.05) is 60.7 Å². The maximum absolute atomic E-state index is 11.2. The summed E-state index contributed by atoms with van der Waals surface area (Å²) in [4.78, 5) is 19.5. The van der Waals surface area contributed by atoms with Crippen LogP contribution in [0, 0.1) is 0 Å². The molecule has 3 aromatic rings. The number of piperazine rings is 1. The minimum absolute atomic E-state index is 0.328. The van der Waals surface area contributed by atoms with E-state index in [0.29, 0.717) is 11.6 Å². The van der Waals surface area contributed by atoms with Crippen LogP contribution in [0.25, 0.3) is 0 Å². The van der Waals surface area contributed by atoms with Gasteiger partial charge in [-0.15, -0.1) is 0 Å². The standard InChI is InChI=1S/C23H24N4O/c24-23(28)20-11-12-21(25-17-20)26-13-15-27(16-14-26)22(18-7-3-1-4-8-18)19-9-5-2-6-10-19/h1-12,17,22H,13-16H2,(H2,24,28)/p+1. The number of nitrogens with one attached hydrogen (secondary N) is 1. The number of hydrogen-bond donors (Lipinski definition) is 2. The van der Waals surface area contributed by atoms with E-state index >= 15 is 0 Å². The highest BCUT2D eigenvalue weighted by molar-refractivity contribution is 5.92. The molecule has 4 rings (SSSR count). The Labute approximate surface area is 165 Å². The molecule has 2 heterocycles. The first kappa shape index (κ1) is 18.2. The molecule has 1 aromatic heterocycles. The topological polar surface area (TPSA) is 63.7 Å². The molecule has 28 heavy (non-hydrogen) atoms. The number of amides is 1. The highest BCUT2D eigenvalue weighted by atomic mass is 16.1. The van der Waals surface area contributed by atoms with Crippen LogP contribution < -0.4 is 15.5 Å². The van der Waals surface area contributed by atoms with E-state index in [9.17, 15) is 4.79 Å². The molecule has 3 N–H and O–H groups in total. The van der Waals surface area contributed by atoms with E-state index < -0.39 is 5.91 Å². The molecule has 5 heteroatoms. The minimum Gasteiger partial charge on any atom is -0.366 e. The van der Waals surface area contributed by atoms with Gasteiger partial charge in [-0.25, -0.2) is 4.98 Å². The number of nitrogens with two attached hydrogens (primary N) is 1. The van der Waals surface area contributed by atoms with E-state index in [-0.39, 0.29) is 0 Å². The van der Waals surface area contributed by atoms with E-state index in [1.54, 1.807) is 17.2 Å². The van der Waals surface area contributed by atoms with Crippen molar-refractivity contribution in [2.45, 2.75) is 6.04 Å². The molecule has 0 aliphatic carbocycles. The molecule has 1 fully saturated rings. The normalized spacial score (nSPS) is 15.0. The Bertz CT molecular complexity index is 865. The Kier molecular flexibility index (Phi) is 5.35. The van der Waals surface area contributed by atoms with Crippen LogP contribution in [-0.2, 0) is 0 Å². The van der Waals surface area contributed by atoms with Crippen molar-refractivity contribution in [3.8, 4) is 0 Å². The van der Waals surface area contributed by atoms with Gasteiger partial charge in [-0.2, -0.15) is 0 Å². The fourth-order valence-corrected chi connectivity index (χ4v) is 3.99. The zero-order chi connectivity index (χ0) is 19.3. The Morgan fingerprint density at radius 2 is 1.46 bits per heavy atom. The van der Waals surface area contributed by atoms with Gasteiger partial charge in [0.15, 0.2) is 0 Å². The van der Waals surface area contributed by atoms with Crippen molar-refractivity contribution < 1.29 is 9.69 Å². The summed E-state index contributed by atoms with van der Waals surface area (Å²) in [5.74, 6) is 0.460. The van der Waals surface area contributed by atoms with Gasteiger partial charge in [0.05, 0.1) is 31.7 Å². The van der Waals surface area contributed by atoms with Gasteiger partial charge < -0.3 is 15.5 Å². The molecular formula is C23H25N4O+. The summed E-state index contributed by atoms with van der Waals surface area (Å²) >= 11 is 0. The number of anilines is 1. The van der Waals surface area contributed by atoms with Crippen LogP contribution in [0.5, 0.6) is 0 Å². The molecule has 1 amide bonds. The summed E-state index contributed by atoms with van der Waals surface area (Å²) in [6, 6.07) is 25.5. The molecule has 1 aliphatic heterocycles. The second kappa shape index (κ2) is 8.23. The number of quaternary nitrogens is 1. The zero-order valence-corrected chi connectivity index (χ0v) is 15.8. The molecule has 0 saturated carbocycles. The Morgan fingerprint density at radius 1 is 0.893 bits per heavy atom. The van der Waals surface area contributed by atoms with Crippen molar-refractivity contribution >= 4 is 11.7 Å². The second-order valence-electron chi connectivity index (χ2n) is 7.17. The third-order valence-corrected chi connectivity index (χ3v) is 5.44. The Balaban J connectivity index is 1.51. The van der Waals surface area contributed by atoms with Crippen molar-refractivity contribution in [1.82, 2.24) is 4.98 Å². The Hall–Kier alpha value is -3.18. The van der Waals surface area contributed by atoms with E-state index in [1.165, 1.54) is 11.1 Å². The van der Waals surface area contributed by atoms with E-state index in [1.807, 2.05) is 6.07 Å². The maximum Gasteiger partial charge on any atom is 0.250 e. The van der Waals surface area contributed by atoms with E-state index in [0.717, 1.165) is 32.0 Å². The lowest BCUT2D eigenvalue weighted by molar-refractivity contribution is -0.926. The number of carbonyl (C=O) groups excluding carboxylic acids is 1. The fraction of sp³-hybridized carbons (Fsp3) is 0.217. The molecule has 142 valence electrons. The largest absolute Gasteiger partial charge is 0.366 e. The molecule has 0 atom stereocenters. The number of nitrogens with zero attached hydrogens (tertiary/aromatic N) is 2. The highest BCUT2D eigenvalue weighted by Crippen LogP contribution is 2.20. The first-order valence-corrected chi connectivity index (χ1v) is 9.67. The van der Waals surface area contributed by atoms with Gasteiger partial charge >= 0.3 is 0 Å². The van der Waals surface area contributed by atoms with Crippen molar-refractivity contribution in [2.24, 2.45) is 5.73 Å². The van der Waals surface area contributed by atoms with Gasteiger partial charge in [-0.3, -0.25) is 4.79 Å². The van der Waals surface area contributed by atoms with Gasteiger partial charge in [0, 0.05) is 17.3 Å². The third-order valence-electron chi connectivity index (χ3n) is 5.44. The molecule has 0 spiro atoms. The minimum atomic E-state index is -0.443. The van der Waals surface area contributed by atoms with Crippen LogP contribution in [0.3, 0.4) is 0 Å². The molecule has 1 aliphatic rings. The lowest BCUT2D eigenvalue weighted by Crippen LogP contribution is -3.15. The van der Waals surface area contributed by atoms with Crippen molar-refractivity contribution in [3.63, 3.8) is 0 Å². The van der Waals surface area contributed by atoms with Gasteiger partial charge in [0.25, 0.3) is 0 Å². The maximum atomic E-state index is 11.2. The van der Waals surface area contributed by atoms with Crippen LogP contribution in [0.2, 0.25) is 0 Å². The number of pyridine rings is 1. The molecule has 0 unspecified atom stereocenters. The van der Waals surface area contributed by atoms with Crippen LogP contribution in [0.1, 0.15) is 27.5 Å². The fourth-order valence-electron chi connectivity index (χ4n) is 3.99. The summed E-state index contributed by atoms with van der Waals surface area (Å²) in [5, 5.41) is 0. The van der Waals surface area contributed by atoms with Gasteiger partial charge in [0.2, 0.25) is 5.91 Å². The monoisotopic (exact) mass is 373 g/mol. The van der Waals surface area contributed by atoms with Crippen LogP contribution >= 0.6 is 0 Å². The quantitative estimate of drug-likeness (QED) is 0.715. The molecular weight excluding hydrogens is 348 g/mol. The van der Waals surface area contributed by atoms with Gasteiger partial charge in [-0.05, 0) is 12.1 Å². The first-order chi connectivity index (χ1) is 13.7. The number of benzene rings is 2. The number of hydrogen-bond acceptors (Lipinski definition) is 3. The second-order valence-corrected chi connectivity index (χ2v) is 7.17. The molecule has 2 aromatic carbocycles. The van der Waals surface area contributed by atoms with Crippen molar-refractivity contribution in [2.75, 3.05) is 31.1 Å². The number of carbonyl (C=O) groups is 1. The van der Waals surface area contributed by atoms with E-state index in [4.69, 9.17) is 5.73 Å². The zero-order valence-electron chi connectivity index (χ0n) is 15.8. The van der Waals surface area contributed by atoms with Gasteiger partial charge in [0.1, 0.15) is 11.9 Å². The lowest BCUT2D eigenvalue weighted by atomic mass is 9.96. The Morgan fingerprint density at radius 3 is 1.93 bits per heavy atom. The number of primary amides is 1. The molecule has 1 saturated heterocycles. The highest BCUT2D eigenvalue weighted by Gasteiger charge is 2.30. The molecule has 5 nitrogen and oxygen atoms in total. The lowest BCUT2D eigenvalue weighted by Gasteiger charge is -2.37. The number of rotatable bonds is 5. The third kappa shape index (κ3) is 3.89. The smallest absolute Gasteiger partial charge is 0.250 e. The molecule has 0 bridgehead atoms. The van der Waals surface area contributed by atoms with Crippen molar-refractivity contribution in [1.29, 1.82) is 0 Å². The van der Waals surface area contributed by atoms with Crippen LogP contribution in [-0.4, -0.2) is 37.1 Å². The average molecular weight is 373 g/mol. The first-order valence-electron chi connectivity index (χ1n) is 9.67. The van der Waals surface area contributed by atoms with Crippen LogP contribution in [0.4, 0.5) is 5.82 Å². The SMILES string of the molecule is NC(=O)c1ccc(N2CC[NH+](C(c3ccccc3)c3ccccc3)CC2)nc1. The number of aromatic nitrogens is 1. The van der Waals surface area contributed by atoms with E-state index in [2.05, 4.69) is 70.5 Å².